The van der Waals surface area contributed by atoms with Gasteiger partial charge >= 0.3 is 5.97 Å². The smallest absolute Gasteiger partial charge is 0.303 e. The van der Waals surface area contributed by atoms with Gasteiger partial charge in [-0.2, -0.15) is 0 Å². The van der Waals surface area contributed by atoms with Gasteiger partial charge in [-0.05, 0) is 18.6 Å². The van der Waals surface area contributed by atoms with Crippen molar-refractivity contribution in [2.75, 3.05) is 6.61 Å². The van der Waals surface area contributed by atoms with Crippen molar-refractivity contribution in [3.8, 4) is 28.3 Å². The van der Waals surface area contributed by atoms with Gasteiger partial charge < -0.3 is 14.3 Å². The van der Waals surface area contributed by atoms with Crippen LogP contribution in [0.1, 0.15) is 24.3 Å². The zero-order chi connectivity index (χ0) is 22.2. The van der Waals surface area contributed by atoms with E-state index in [-0.39, 0.29) is 6.42 Å². The second-order valence-corrected chi connectivity index (χ2v) is 7.18. The minimum absolute atomic E-state index is 0.0822. The molecule has 1 heterocycles. The van der Waals surface area contributed by atoms with Crippen LogP contribution in [0.4, 0.5) is 0 Å². The van der Waals surface area contributed by atoms with Crippen LogP contribution in [0.25, 0.3) is 34.7 Å². The molecule has 0 aliphatic carbocycles. The van der Waals surface area contributed by atoms with Gasteiger partial charge in [-0.1, -0.05) is 78.9 Å². The Morgan fingerprint density at radius 3 is 2.25 bits per heavy atom. The van der Waals surface area contributed by atoms with Crippen LogP contribution in [-0.4, -0.2) is 22.7 Å². The largest absolute Gasteiger partial charge is 0.493 e. The number of ether oxygens (including phenoxy) is 1. The lowest BCUT2D eigenvalue weighted by molar-refractivity contribution is -0.137. The molecule has 4 aromatic rings. The van der Waals surface area contributed by atoms with Gasteiger partial charge in [-0.25, -0.2) is 4.98 Å². The maximum absolute atomic E-state index is 10.7. The van der Waals surface area contributed by atoms with Crippen LogP contribution >= 0.6 is 0 Å². The summed E-state index contributed by atoms with van der Waals surface area (Å²) in [6.45, 7) is 0.340. The Morgan fingerprint density at radius 2 is 1.53 bits per heavy atom. The molecule has 5 heteroatoms. The fourth-order valence-electron chi connectivity index (χ4n) is 3.30. The van der Waals surface area contributed by atoms with E-state index in [4.69, 9.17) is 19.2 Å². The number of aliphatic carboxylic acids is 1. The van der Waals surface area contributed by atoms with E-state index in [1.807, 2.05) is 97.1 Å². The van der Waals surface area contributed by atoms with Gasteiger partial charge in [-0.3, -0.25) is 4.79 Å². The van der Waals surface area contributed by atoms with Gasteiger partial charge in [0.25, 0.3) is 0 Å². The number of benzene rings is 3. The first kappa shape index (κ1) is 21.1. The molecule has 0 saturated carbocycles. The fourth-order valence-corrected chi connectivity index (χ4v) is 3.30. The highest BCUT2D eigenvalue weighted by Gasteiger charge is 2.15. The summed E-state index contributed by atoms with van der Waals surface area (Å²) in [5.41, 5.74) is 3.59. The number of rotatable bonds is 9. The predicted molar refractivity (Wildman–Crippen MR) is 125 cm³/mol. The summed E-state index contributed by atoms with van der Waals surface area (Å²) in [4.78, 5) is 15.4. The van der Waals surface area contributed by atoms with E-state index in [9.17, 15) is 4.79 Å². The lowest BCUT2D eigenvalue weighted by Crippen LogP contribution is -2.02. The zero-order valence-corrected chi connectivity index (χ0v) is 17.5. The number of carboxylic acids is 1. The van der Waals surface area contributed by atoms with Crippen LogP contribution in [0.15, 0.2) is 89.3 Å². The van der Waals surface area contributed by atoms with Gasteiger partial charge in [-0.15, -0.1) is 0 Å². The number of oxazole rings is 1. The molecule has 4 rings (SSSR count). The van der Waals surface area contributed by atoms with Crippen LogP contribution < -0.4 is 4.74 Å². The highest BCUT2D eigenvalue weighted by atomic mass is 16.5. The van der Waals surface area contributed by atoms with Crippen molar-refractivity contribution >= 4 is 18.1 Å². The van der Waals surface area contributed by atoms with Crippen molar-refractivity contribution in [3.05, 3.63) is 96.4 Å². The molecule has 1 N–H and O–H groups in total. The van der Waals surface area contributed by atoms with E-state index in [1.165, 1.54) is 0 Å². The first-order valence-corrected chi connectivity index (χ1v) is 10.4. The van der Waals surface area contributed by atoms with E-state index in [2.05, 4.69) is 0 Å². The van der Waals surface area contributed by atoms with Crippen LogP contribution in [0.3, 0.4) is 0 Å². The quantitative estimate of drug-likeness (QED) is 0.313. The third-order valence-electron chi connectivity index (χ3n) is 4.84. The van der Waals surface area contributed by atoms with E-state index in [1.54, 1.807) is 0 Å². The molecule has 32 heavy (non-hydrogen) atoms. The first-order valence-electron chi connectivity index (χ1n) is 10.4. The van der Waals surface area contributed by atoms with Crippen molar-refractivity contribution in [1.29, 1.82) is 0 Å². The number of hydrogen-bond acceptors (Lipinski definition) is 4. The molecule has 1 aromatic heterocycles. The molecule has 0 bridgehead atoms. The van der Waals surface area contributed by atoms with Gasteiger partial charge in [0.2, 0.25) is 5.89 Å². The van der Waals surface area contributed by atoms with Crippen molar-refractivity contribution in [3.63, 3.8) is 0 Å². The first-order chi connectivity index (χ1) is 15.7. The molecule has 0 saturated heterocycles. The molecular formula is C27H23NO4. The Labute approximate surface area is 186 Å². The van der Waals surface area contributed by atoms with E-state index in [0.717, 1.165) is 28.1 Å². The lowest BCUT2D eigenvalue weighted by Gasteiger charge is -2.08. The Hall–Kier alpha value is -4.12. The molecule has 0 unspecified atom stereocenters. The number of nitrogens with zero attached hydrogens (tertiary/aromatic N) is 1. The number of carbonyl (C=O) groups is 1. The van der Waals surface area contributed by atoms with Gasteiger partial charge in [0.1, 0.15) is 11.4 Å². The Morgan fingerprint density at radius 1 is 0.875 bits per heavy atom. The summed E-state index contributed by atoms with van der Waals surface area (Å²) < 4.78 is 11.9. The second kappa shape index (κ2) is 10.3. The lowest BCUT2D eigenvalue weighted by atomic mass is 10.1. The number of aromatic nitrogens is 1. The van der Waals surface area contributed by atoms with Crippen molar-refractivity contribution < 1.29 is 19.1 Å². The summed E-state index contributed by atoms with van der Waals surface area (Å²) in [7, 11) is 0. The van der Waals surface area contributed by atoms with Crippen LogP contribution in [0.5, 0.6) is 5.75 Å². The van der Waals surface area contributed by atoms with E-state index < -0.39 is 5.97 Å². The molecule has 3 aromatic carbocycles. The summed E-state index contributed by atoms with van der Waals surface area (Å²) in [5, 5.41) is 8.78. The molecule has 160 valence electrons. The molecule has 5 nitrogen and oxygen atoms in total. The summed E-state index contributed by atoms with van der Waals surface area (Å²) >= 11 is 0. The monoisotopic (exact) mass is 425 g/mol. The molecule has 0 aliphatic heterocycles. The average Bonchev–Trinajstić information content (AvgIpc) is 3.26. The SMILES string of the molecule is O=C(O)CCCOc1ccccc1/C=C/c1nc(-c2ccccc2)c(-c2ccccc2)o1. The third-order valence-corrected chi connectivity index (χ3v) is 4.84. The van der Waals surface area contributed by atoms with Crippen LogP contribution in [-0.2, 0) is 4.79 Å². The fraction of sp³-hybridized carbons (Fsp3) is 0.111. The minimum atomic E-state index is -0.825. The second-order valence-electron chi connectivity index (χ2n) is 7.18. The van der Waals surface area contributed by atoms with Crippen molar-refractivity contribution in [1.82, 2.24) is 4.98 Å². The van der Waals surface area contributed by atoms with Gasteiger partial charge in [0, 0.05) is 29.2 Å². The Kier molecular flexibility index (Phi) is 6.78. The number of para-hydroxylation sites is 1. The van der Waals surface area contributed by atoms with Crippen molar-refractivity contribution in [2.24, 2.45) is 0 Å². The van der Waals surface area contributed by atoms with Crippen LogP contribution in [0.2, 0.25) is 0 Å². The highest BCUT2D eigenvalue weighted by Crippen LogP contribution is 2.33. The summed E-state index contributed by atoms with van der Waals surface area (Å²) in [5.74, 6) is 1.07. The molecule has 0 aliphatic rings. The molecule has 0 fully saturated rings. The van der Waals surface area contributed by atoms with Crippen LogP contribution in [0, 0.1) is 0 Å². The van der Waals surface area contributed by atoms with Gasteiger partial charge in [0.05, 0.1) is 6.61 Å². The predicted octanol–water partition coefficient (Wildman–Crippen LogP) is 6.42. The standard InChI is InChI=1S/C27H23NO4/c29-25(30)16-9-19-31-23-15-8-7-10-20(23)17-18-24-28-26(21-11-3-1-4-12-21)27(32-24)22-13-5-2-6-14-22/h1-8,10-15,17-18H,9,16,19H2,(H,29,30)/b18-17+. The molecule has 0 atom stereocenters. The average molecular weight is 425 g/mol. The molecule has 0 amide bonds. The van der Waals surface area contributed by atoms with Crippen molar-refractivity contribution in [2.45, 2.75) is 12.8 Å². The molecular weight excluding hydrogens is 402 g/mol. The maximum atomic E-state index is 10.7. The minimum Gasteiger partial charge on any atom is -0.493 e. The van der Waals surface area contributed by atoms with E-state index >= 15 is 0 Å². The molecule has 0 spiro atoms. The Bertz CT molecular complexity index is 1140. The summed E-state index contributed by atoms with van der Waals surface area (Å²) in [6.07, 6.45) is 4.24. The summed E-state index contributed by atoms with van der Waals surface area (Å²) in [6, 6.07) is 27.5. The number of carboxylic acid groups (broad SMARTS) is 1. The topological polar surface area (TPSA) is 72.6 Å². The third kappa shape index (κ3) is 5.32. The van der Waals surface area contributed by atoms with E-state index in [0.29, 0.717) is 24.7 Å². The maximum Gasteiger partial charge on any atom is 0.303 e. The highest BCUT2D eigenvalue weighted by molar-refractivity contribution is 5.79. The van der Waals surface area contributed by atoms with Gasteiger partial charge in [0.15, 0.2) is 5.76 Å². The normalized spacial score (nSPS) is 11.0. The Balaban J connectivity index is 1.60. The molecule has 0 radical (unpaired) electrons. The zero-order valence-electron chi connectivity index (χ0n) is 17.5. The number of hydrogen-bond donors (Lipinski definition) is 1.